The molecule has 0 atom stereocenters. The number of anilines is 2. The first-order chi connectivity index (χ1) is 15.7. The Labute approximate surface area is 189 Å². The third-order valence-electron chi connectivity index (χ3n) is 5.98. The van der Waals surface area contributed by atoms with Crippen LogP contribution in [0.5, 0.6) is 0 Å². The van der Waals surface area contributed by atoms with Gasteiger partial charge in [-0.05, 0) is 55.2 Å². The fraction of sp³-hybridized carbons (Fsp3) is 0.375. The number of imide groups is 1. The molecule has 2 heterocycles. The fourth-order valence-electron chi connectivity index (χ4n) is 4.16. The van der Waals surface area contributed by atoms with Crippen LogP contribution >= 0.6 is 0 Å². The lowest BCUT2D eigenvalue weighted by Gasteiger charge is -2.31. The standard InChI is InChI=1S/C24H24F3N3O3/c25-24(26,27)18-8-9-20(29-12-2-1-3-13-29)19(14-18)28-23(33)17-6-4-16(5-7-17)15-30-21(31)10-11-22(30)32/h4-9,14H,1-3,10-13,15H2,(H,28,33). The molecule has 0 saturated carbocycles. The van der Waals surface area contributed by atoms with E-state index in [0.717, 1.165) is 44.5 Å². The Morgan fingerprint density at radius 2 is 1.55 bits per heavy atom. The van der Waals surface area contributed by atoms with Crippen molar-refractivity contribution in [3.63, 3.8) is 0 Å². The number of hydrogen-bond donors (Lipinski definition) is 1. The van der Waals surface area contributed by atoms with E-state index in [9.17, 15) is 27.6 Å². The summed E-state index contributed by atoms with van der Waals surface area (Å²) in [6.45, 7) is 1.57. The van der Waals surface area contributed by atoms with Crippen LogP contribution < -0.4 is 10.2 Å². The molecular formula is C24H24F3N3O3. The molecule has 2 aromatic rings. The second-order valence-electron chi connectivity index (χ2n) is 8.30. The minimum atomic E-state index is -4.52. The molecule has 174 valence electrons. The van der Waals surface area contributed by atoms with Crippen LogP contribution in [0.25, 0.3) is 0 Å². The average Bonchev–Trinajstić information content (AvgIpc) is 3.11. The van der Waals surface area contributed by atoms with Crippen LogP contribution in [0.15, 0.2) is 42.5 Å². The number of piperidine rings is 1. The van der Waals surface area contributed by atoms with Crippen molar-refractivity contribution in [1.82, 2.24) is 4.90 Å². The van der Waals surface area contributed by atoms with Gasteiger partial charge in [0.2, 0.25) is 11.8 Å². The van der Waals surface area contributed by atoms with E-state index >= 15 is 0 Å². The van der Waals surface area contributed by atoms with Crippen molar-refractivity contribution < 1.29 is 27.6 Å². The van der Waals surface area contributed by atoms with Crippen molar-refractivity contribution in [2.24, 2.45) is 0 Å². The van der Waals surface area contributed by atoms with E-state index in [0.29, 0.717) is 11.3 Å². The number of likely N-dealkylation sites (tertiary alicyclic amines) is 1. The monoisotopic (exact) mass is 459 g/mol. The molecule has 2 aromatic carbocycles. The lowest BCUT2D eigenvalue weighted by Crippen LogP contribution is -2.30. The Morgan fingerprint density at radius 1 is 0.909 bits per heavy atom. The number of carbonyl (C=O) groups is 3. The number of benzene rings is 2. The van der Waals surface area contributed by atoms with Crippen molar-refractivity contribution in [2.75, 3.05) is 23.3 Å². The molecule has 0 aliphatic carbocycles. The first-order valence-corrected chi connectivity index (χ1v) is 10.9. The van der Waals surface area contributed by atoms with Gasteiger partial charge in [0.05, 0.1) is 23.5 Å². The normalized spacial score (nSPS) is 16.9. The molecule has 2 aliphatic rings. The highest BCUT2D eigenvalue weighted by molar-refractivity contribution is 6.06. The molecular weight excluding hydrogens is 435 g/mol. The summed E-state index contributed by atoms with van der Waals surface area (Å²) in [5.41, 5.74) is 0.810. The summed E-state index contributed by atoms with van der Waals surface area (Å²) in [7, 11) is 0. The van der Waals surface area contributed by atoms with E-state index in [-0.39, 0.29) is 42.5 Å². The predicted octanol–water partition coefficient (Wildman–Crippen LogP) is 4.60. The molecule has 0 unspecified atom stereocenters. The number of nitrogens with one attached hydrogen (secondary N) is 1. The average molecular weight is 459 g/mol. The first-order valence-electron chi connectivity index (χ1n) is 10.9. The van der Waals surface area contributed by atoms with E-state index < -0.39 is 17.6 Å². The fourth-order valence-corrected chi connectivity index (χ4v) is 4.16. The highest BCUT2D eigenvalue weighted by Gasteiger charge is 2.32. The Hall–Kier alpha value is -3.36. The SMILES string of the molecule is O=C(Nc1cc(C(F)(F)F)ccc1N1CCCCC1)c1ccc(CN2C(=O)CCC2=O)cc1. The zero-order valence-corrected chi connectivity index (χ0v) is 18.0. The van der Waals surface area contributed by atoms with Crippen LogP contribution in [0.3, 0.4) is 0 Å². The van der Waals surface area contributed by atoms with Crippen molar-refractivity contribution in [1.29, 1.82) is 0 Å². The molecule has 3 amide bonds. The van der Waals surface area contributed by atoms with Gasteiger partial charge in [0.15, 0.2) is 0 Å². The minimum Gasteiger partial charge on any atom is -0.370 e. The minimum absolute atomic E-state index is 0.120. The molecule has 0 spiro atoms. The molecule has 1 N–H and O–H groups in total. The maximum atomic E-state index is 13.3. The summed E-state index contributed by atoms with van der Waals surface area (Å²) in [4.78, 5) is 39.6. The molecule has 2 aliphatic heterocycles. The van der Waals surface area contributed by atoms with Gasteiger partial charge in [0.25, 0.3) is 5.91 Å². The van der Waals surface area contributed by atoms with Gasteiger partial charge in [-0.25, -0.2) is 0 Å². The van der Waals surface area contributed by atoms with Crippen LogP contribution in [-0.4, -0.2) is 35.7 Å². The smallest absolute Gasteiger partial charge is 0.370 e. The summed E-state index contributed by atoms with van der Waals surface area (Å²) in [5.74, 6) is -0.985. The van der Waals surface area contributed by atoms with Gasteiger partial charge in [-0.15, -0.1) is 0 Å². The van der Waals surface area contributed by atoms with Crippen LogP contribution in [0.4, 0.5) is 24.5 Å². The number of amides is 3. The van der Waals surface area contributed by atoms with E-state index in [2.05, 4.69) is 5.32 Å². The molecule has 9 heteroatoms. The van der Waals surface area contributed by atoms with Crippen molar-refractivity contribution in [3.05, 3.63) is 59.2 Å². The molecule has 6 nitrogen and oxygen atoms in total. The zero-order valence-electron chi connectivity index (χ0n) is 18.0. The van der Waals surface area contributed by atoms with Gasteiger partial charge in [-0.2, -0.15) is 13.2 Å². The molecule has 0 radical (unpaired) electrons. The third-order valence-corrected chi connectivity index (χ3v) is 5.98. The van der Waals surface area contributed by atoms with Gasteiger partial charge in [-0.3, -0.25) is 19.3 Å². The van der Waals surface area contributed by atoms with Crippen LogP contribution in [0.1, 0.15) is 53.6 Å². The number of hydrogen-bond acceptors (Lipinski definition) is 4. The third kappa shape index (κ3) is 5.18. The number of nitrogens with zero attached hydrogens (tertiary/aromatic N) is 2. The summed E-state index contributed by atoms with van der Waals surface area (Å²) in [5, 5.41) is 2.64. The number of rotatable bonds is 5. The van der Waals surface area contributed by atoms with Crippen LogP contribution in [0.2, 0.25) is 0 Å². The van der Waals surface area contributed by atoms with Gasteiger partial charge in [-0.1, -0.05) is 12.1 Å². The molecule has 33 heavy (non-hydrogen) atoms. The van der Waals surface area contributed by atoms with E-state index in [1.54, 1.807) is 12.1 Å². The van der Waals surface area contributed by atoms with Crippen molar-refractivity contribution in [2.45, 2.75) is 44.8 Å². The Morgan fingerprint density at radius 3 is 2.15 bits per heavy atom. The quantitative estimate of drug-likeness (QED) is 0.664. The molecule has 2 fully saturated rings. The number of alkyl halides is 3. The lowest BCUT2D eigenvalue weighted by molar-refractivity contribution is -0.139. The molecule has 2 saturated heterocycles. The summed E-state index contributed by atoms with van der Waals surface area (Å²) < 4.78 is 39.9. The molecule has 0 bridgehead atoms. The topological polar surface area (TPSA) is 69.7 Å². The zero-order chi connectivity index (χ0) is 23.6. The van der Waals surface area contributed by atoms with E-state index in [4.69, 9.17) is 0 Å². The number of carbonyl (C=O) groups excluding carboxylic acids is 3. The Kier molecular flexibility index (Phi) is 6.40. The Balaban J connectivity index is 1.53. The maximum absolute atomic E-state index is 13.3. The summed E-state index contributed by atoms with van der Waals surface area (Å²) >= 11 is 0. The molecule has 4 rings (SSSR count). The van der Waals surface area contributed by atoms with E-state index in [1.807, 2.05) is 4.90 Å². The van der Waals surface area contributed by atoms with Gasteiger partial charge in [0, 0.05) is 31.5 Å². The van der Waals surface area contributed by atoms with Gasteiger partial charge in [0.1, 0.15) is 0 Å². The predicted molar refractivity (Wildman–Crippen MR) is 117 cm³/mol. The highest BCUT2D eigenvalue weighted by atomic mass is 19.4. The maximum Gasteiger partial charge on any atom is 0.416 e. The van der Waals surface area contributed by atoms with Gasteiger partial charge >= 0.3 is 6.18 Å². The Bertz CT molecular complexity index is 1040. The first kappa shape index (κ1) is 22.8. The second kappa shape index (κ2) is 9.25. The summed E-state index contributed by atoms with van der Waals surface area (Å²) in [6, 6.07) is 9.75. The van der Waals surface area contributed by atoms with E-state index in [1.165, 1.54) is 23.1 Å². The second-order valence-corrected chi connectivity index (χ2v) is 8.30. The number of halogens is 3. The highest BCUT2D eigenvalue weighted by Crippen LogP contribution is 2.36. The lowest BCUT2D eigenvalue weighted by atomic mass is 10.1. The summed E-state index contributed by atoms with van der Waals surface area (Å²) in [6.07, 6.45) is -1.16. The van der Waals surface area contributed by atoms with Crippen LogP contribution in [0, 0.1) is 0 Å². The van der Waals surface area contributed by atoms with Crippen LogP contribution in [-0.2, 0) is 22.3 Å². The van der Waals surface area contributed by atoms with Crippen molar-refractivity contribution in [3.8, 4) is 0 Å². The molecule has 0 aromatic heterocycles. The van der Waals surface area contributed by atoms with Gasteiger partial charge < -0.3 is 10.2 Å². The largest absolute Gasteiger partial charge is 0.416 e. The van der Waals surface area contributed by atoms with Crippen molar-refractivity contribution >= 4 is 29.1 Å².